The summed E-state index contributed by atoms with van der Waals surface area (Å²) >= 11 is 0. The van der Waals surface area contributed by atoms with Crippen LogP contribution in [0.5, 0.6) is 11.5 Å². The number of ether oxygens (including phenoxy) is 2. The molecule has 0 radical (unpaired) electrons. The lowest BCUT2D eigenvalue weighted by molar-refractivity contribution is -0.119. The summed E-state index contributed by atoms with van der Waals surface area (Å²) in [5, 5.41) is 7.30. The van der Waals surface area contributed by atoms with E-state index in [-0.39, 0.29) is 18.6 Å². The van der Waals surface area contributed by atoms with Gasteiger partial charge < -0.3 is 14.8 Å². The van der Waals surface area contributed by atoms with E-state index in [0.29, 0.717) is 6.61 Å². The van der Waals surface area contributed by atoms with Crippen LogP contribution >= 0.6 is 0 Å². The number of hydrogen-bond acceptors (Lipinski definition) is 5. The molecule has 154 valence electrons. The Balaban J connectivity index is 1.62. The van der Waals surface area contributed by atoms with Crippen molar-refractivity contribution < 1.29 is 14.3 Å². The van der Waals surface area contributed by atoms with Crippen LogP contribution in [0.25, 0.3) is 0 Å². The van der Waals surface area contributed by atoms with Crippen molar-refractivity contribution in [2.45, 2.75) is 47.1 Å². The summed E-state index contributed by atoms with van der Waals surface area (Å²) in [6, 6.07) is 8.10. The third kappa shape index (κ3) is 5.08. The summed E-state index contributed by atoms with van der Waals surface area (Å²) < 4.78 is 11.5. The second-order valence-corrected chi connectivity index (χ2v) is 7.48. The molecule has 0 spiro atoms. The summed E-state index contributed by atoms with van der Waals surface area (Å²) in [5.74, 6) is 1.37. The van der Waals surface area contributed by atoms with E-state index in [9.17, 15) is 4.79 Å². The second-order valence-electron chi connectivity index (χ2n) is 7.48. The molecule has 6 nitrogen and oxygen atoms in total. The molecule has 0 saturated carbocycles. The van der Waals surface area contributed by atoms with Crippen molar-refractivity contribution in [2.75, 3.05) is 18.5 Å². The number of rotatable bonds is 7. The van der Waals surface area contributed by atoms with E-state index < -0.39 is 0 Å². The maximum absolute atomic E-state index is 12.2. The molecule has 2 aromatic rings. The molecule has 0 fully saturated rings. The van der Waals surface area contributed by atoms with Gasteiger partial charge in [-0.15, -0.1) is 0 Å². The van der Waals surface area contributed by atoms with Gasteiger partial charge in [0.2, 0.25) is 0 Å². The zero-order chi connectivity index (χ0) is 21.0. The van der Waals surface area contributed by atoms with E-state index >= 15 is 0 Å². The van der Waals surface area contributed by atoms with Crippen molar-refractivity contribution in [3.63, 3.8) is 0 Å². The van der Waals surface area contributed by atoms with Gasteiger partial charge >= 0.3 is 0 Å². The fraction of sp³-hybridized carbons (Fsp3) is 0.391. The topological polar surface area (TPSA) is 72.0 Å². The molecule has 2 N–H and O–H groups in total. The first-order valence-corrected chi connectivity index (χ1v) is 9.97. The molecule has 1 heterocycles. The van der Waals surface area contributed by atoms with Crippen molar-refractivity contribution in [1.29, 1.82) is 0 Å². The molecule has 3 rings (SSSR count). The summed E-state index contributed by atoms with van der Waals surface area (Å²) in [6.07, 6.45) is 2.62. The molecule has 6 heteroatoms. The highest BCUT2D eigenvalue weighted by atomic mass is 16.5. The third-order valence-electron chi connectivity index (χ3n) is 4.82. The average Bonchev–Trinajstić information content (AvgIpc) is 3.00. The van der Waals surface area contributed by atoms with Gasteiger partial charge in [0.25, 0.3) is 5.91 Å². The van der Waals surface area contributed by atoms with Crippen LogP contribution < -0.4 is 20.2 Å². The van der Waals surface area contributed by atoms with Crippen LogP contribution in [0.3, 0.4) is 0 Å². The molecule has 0 aromatic heterocycles. The van der Waals surface area contributed by atoms with E-state index in [2.05, 4.69) is 34.9 Å². The SMILES string of the molecule is CCOc1cc2c(cc1/C=N\NC(=O)CNc1c(C)cc(C)cc1C)O[C@H](C)C2. The highest BCUT2D eigenvalue weighted by molar-refractivity contribution is 5.87. The molecule has 0 unspecified atom stereocenters. The van der Waals surface area contributed by atoms with Crippen LogP contribution in [0.15, 0.2) is 29.4 Å². The molecular formula is C23H29N3O3. The number of benzene rings is 2. The van der Waals surface area contributed by atoms with E-state index in [0.717, 1.165) is 45.9 Å². The third-order valence-corrected chi connectivity index (χ3v) is 4.82. The quantitative estimate of drug-likeness (QED) is 0.551. The largest absolute Gasteiger partial charge is 0.493 e. The van der Waals surface area contributed by atoms with E-state index in [4.69, 9.17) is 9.47 Å². The monoisotopic (exact) mass is 395 g/mol. The van der Waals surface area contributed by atoms with Gasteiger partial charge in [-0.05, 0) is 57.9 Å². The first-order valence-electron chi connectivity index (χ1n) is 9.97. The summed E-state index contributed by atoms with van der Waals surface area (Å²) in [7, 11) is 0. The Morgan fingerprint density at radius 3 is 2.66 bits per heavy atom. The number of carbonyl (C=O) groups is 1. The first kappa shape index (κ1) is 20.7. The van der Waals surface area contributed by atoms with Crippen LogP contribution in [0.2, 0.25) is 0 Å². The van der Waals surface area contributed by atoms with Crippen molar-refractivity contribution in [2.24, 2.45) is 5.10 Å². The fourth-order valence-corrected chi connectivity index (χ4v) is 3.68. The van der Waals surface area contributed by atoms with Crippen LogP contribution in [-0.4, -0.2) is 31.4 Å². The Morgan fingerprint density at radius 2 is 1.97 bits per heavy atom. The van der Waals surface area contributed by atoms with Crippen molar-refractivity contribution in [3.05, 3.63) is 52.1 Å². The molecule has 29 heavy (non-hydrogen) atoms. The molecule has 2 aromatic carbocycles. The van der Waals surface area contributed by atoms with Crippen molar-refractivity contribution in [3.8, 4) is 11.5 Å². The van der Waals surface area contributed by atoms with Crippen LogP contribution in [0.1, 0.15) is 41.7 Å². The maximum Gasteiger partial charge on any atom is 0.259 e. The highest BCUT2D eigenvalue weighted by Crippen LogP contribution is 2.34. The van der Waals surface area contributed by atoms with Crippen molar-refractivity contribution in [1.82, 2.24) is 5.43 Å². The Hall–Kier alpha value is -3.02. The number of amides is 1. The standard InChI is InChI=1S/C23H29N3O3/c1-6-28-20-10-18-9-17(5)29-21(18)11-19(20)12-25-26-22(27)13-24-23-15(3)7-14(2)8-16(23)4/h7-8,10-12,17,24H,6,9,13H2,1-5H3,(H,26,27)/b25-12-/t17-/m1/s1. The minimum atomic E-state index is -0.218. The predicted molar refractivity (Wildman–Crippen MR) is 116 cm³/mol. The van der Waals surface area contributed by atoms with Crippen molar-refractivity contribution >= 4 is 17.8 Å². The van der Waals surface area contributed by atoms with Crippen LogP contribution in [-0.2, 0) is 11.2 Å². The number of fused-ring (bicyclic) bond motifs is 1. The normalized spacial score (nSPS) is 15.1. The number of aryl methyl sites for hydroxylation is 3. The zero-order valence-corrected chi connectivity index (χ0v) is 17.8. The predicted octanol–water partition coefficient (Wildman–Crippen LogP) is 3.90. The molecule has 1 atom stereocenters. The summed E-state index contributed by atoms with van der Waals surface area (Å²) in [6.45, 7) is 10.8. The fourth-order valence-electron chi connectivity index (χ4n) is 3.68. The molecule has 1 amide bonds. The van der Waals surface area contributed by atoms with E-state index in [1.165, 1.54) is 5.56 Å². The number of nitrogens with one attached hydrogen (secondary N) is 2. The van der Waals surface area contributed by atoms with Gasteiger partial charge in [0.05, 0.1) is 19.4 Å². The molecule has 0 bridgehead atoms. The number of hydrazone groups is 1. The van der Waals surface area contributed by atoms with Gasteiger partial charge in [-0.3, -0.25) is 4.79 Å². The number of nitrogens with zero attached hydrogens (tertiary/aromatic N) is 1. The van der Waals surface area contributed by atoms with Gasteiger partial charge in [-0.25, -0.2) is 5.43 Å². The summed E-state index contributed by atoms with van der Waals surface area (Å²) in [5.41, 5.74) is 8.91. The lowest BCUT2D eigenvalue weighted by Gasteiger charge is -2.13. The minimum absolute atomic E-state index is 0.144. The molecule has 0 saturated heterocycles. The lowest BCUT2D eigenvalue weighted by atomic mass is 10.1. The number of anilines is 1. The maximum atomic E-state index is 12.2. The number of hydrogen-bond donors (Lipinski definition) is 2. The summed E-state index contributed by atoms with van der Waals surface area (Å²) in [4.78, 5) is 12.2. The number of carbonyl (C=O) groups excluding carboxylic acids is 1. The Morgan fingerprint density at radius 1 is 1.24 bits per heavy atom. The Labute approximate surface area is 172 Å². The lowest BCUT2D eigenvalue weighted by Crippen LogP contribution is -2.26. The minimum Gasteiger partial charge on any atom is -0.493 e. The van der Waals surface area contributed by atoms with Gasteiger partial charge in [-0.2, -0.15) is 5.10 Å². The first-order chi connectivity index (χ1) is 13.9. The van der Waals surface area contributed by atoms with Gasteiger partial charge in [0.1, 0.15) is 17.6 Å². The highest BCUT2D eigenvalue weighted by Gasteiger charge is 2.21. The van der Waals surface area contributed by atoms with Gasteiger partial charge in [0.15, 0.2) is 0 Å². The van der Waals surface area contributed by atoms with E-state index in [1.54, 1.807) is 6.21 Å². The molecular weight excluding hydrogens is 366 g/mol. The Bertz CT molecular complexity index is 914. The average molecular weight is 396 g/mol. The zero-order valence-electron chi connectivity index (χ0n) is 17.8. The smallest absolute Gasteiger partial charge is 0.259 e. The van der Waals surface area contributed by atoms with Crippen LogP contribution in [0, 0.1) is 20.8 Å². The van der Waals surface area contributed by atoms with Gasteiger partial charge in [-0.1, -0.05) is 17.7 Å². The van der Waals surface area contributed by atoms with Gasteiger partial charge in [0, 0.05) is 23.2 Å². The second kappa shape index (κ2) is 8.99. The Kier molecular flexibility index (Phi) is 6.42. The molecule has 0 aliphatic carbocycles. The van der Waals surface area contributed by atoms with E-state index in [1.807, 2.05) is 39.8 Å². The molecule has 1 aliphatic rings. The molecule has 1 aliphatic heterocycles. The van der Waals surface area contributed by atoms with Crippen LogP contribution in [0.4, 0.5) is 5.69 Å².